The zero-order valence-electron chi connectivity index (χ0n) is 9.82. The van der Waals surface area contributed by atoms with Gasteiger partial charge in [-0.15, -0.1) is 0 Å². The highest BCUT2D eigenvalue weighted by molar-refractivity contribution is 6.01. The maximum absolute atomic E-state index is 11.9. The summed E-state index contributed by atoms with van der Waals surface area (Å²) >= 11 is 0. The molecule has 0 aromatic carbocycles. The second-order valence-electron chi connectivity index (χ2n) is 3.91. The van der Waals surface area contributed by atoms with Gasteiger partial charge in [-0.2, -0.15) is 0 Å². The number of hydrogen-bond acceptors (Lipinski definition) is 5. The number of rotatable bonds is 4. The molecule has 0 aliphatic heterocycles. The Morgan fingerprint density at radius 1 is 1.25 bits per heavy atom. The van der Waals surface area contributed by atoms with Gasteiger partial charge in [0.1, 0.15) is 0 Å². The lowest BCUT2D eigenvalue weighted by Gasteiger charge is -2.28. The van der Waals surface area contributed by atoms with Crippen LogP contribution in [-0.4, -0.2) is 31.2 Å². The first-order valence-electron chi connectivity index (χ1n) is 5.69. The van der Waals surface area contributed by atoms with Gasteiger partial charge in [0.05, 0.1) is 13.2 Å². The molecule has 1 atom stereocenters. The van der Waals surface area contributed by atoms with Gasteiger partial charge in [-0.25, -0.2) is 0 Å². The molecule has 2 N–H and O–H groups in total. The molecule has 1 unspecified atom stereocenters. The highest BCUT2D eigenvalue weighted by Crippen LogP contribution is 2.39. The lowest BCUT2D eigenvalue weighted by atomic mass is 9.83. The minimum atomic E-state index is -1.27. The molecular formula is C11H19NO4. The number of ether oxygens (including phenoxy) is 2. The zero-order chi connectivity index (χ0) is 12.2. The smallest absolute Gasteiger partial charge is 0.325 e. The molecule has 0 amide bonds. The lowest BCUT2D eigenvalue weighted by Crippen LogP contribution is -2.51. The zero-order valence-corrected chi connectivity index (χ0v) is 9.82. The van der Waals surface area contributed by atoms with E-state index in [0.717, 1.165) is 6.42 Å². The van der Waals surface area contributed by atoms with Gasteiger partial charge in [0, 0.05) is 6.04 Å². The third-order valence-electron chi connectivity index (χ3n) is 3.00. The molecule has 0 radical (unpaired) electrons. The van der Waals surface area contributed by atoms with Crippen molar-refractivity contribution in [3.05, 3.63) is 0 Å². The molecule has 0 saturated heterocycles. The van der Waals surface area contributed by atoms with Crippen LogP contribution in [0.3, 0.4) is 0 Å². The molecule has 1 fully saturated rings. The summed E-state index contributed by atoms with van der Waals surface area (Å²) in [4.78, 5) is 23.8. The molecule has 1 saturated carbocycles. The first-order chi connectivity index (χ1) is 7.59. The van der Waals surface area contributed by atoms with E-state index in [1.54, 1.807) is 13.8 Å². The van der Waals surface area contributed by atoms with E-state index in [0.29, 0.717) is 12.8 Å². The molecule has 5 heteroatoms. The van der Waals surface area contributed by atoms with Gasteiger partial charge in [-0.3, -0.25) is 9.59 Å². The van der Waals surface area contributed by atoms with E-state index in [1.807, 2.05) is 0 Å². The van der Waals surface area contributed by atoms with Gasteiger partial charge in [-0.05, 0) is 26.7 Å². The van der Waals surface area contributed by atoms with Crippen molar-refractivity contribution in [2.45, 2.75) is 39.2 Å². The standard InChI is InChI=1S/C11H19NO4/c1-3-15-9(13)11(10(14)16-4-2)7-5-6-8(11)12/h8H,3-7,12H2,1-2H3. The van der Waals surface area contributed by atoms with E-state index in [4.69, 9.17) is 15.2 Å². The van der Waals surface area contributed by atoms with Gasteiger partial charge in [0.25, 0.3) is 0 Å². The lowest BCUT2D eigenvalue weighted by molar-refractivity contribution is -0.172. The average Bonchev–Trinajstić information content (AvgIpc) is 2.62. The summed E-state index contributed by atoms with van der Waals surface area (Å²) in [7, 11) is 0. The summed E-state index contributed by atoms with van der Waals surface area (Å²) in [6.45, 7) is 3.90. The number of carbonyl (C=O) groups is 2. The molecule has 0 bridgehead atoms. The largest absolute Gasteiger partial charge is 0.465 e. The van der Waals surface area contributed by atoms with Crippen LogP contribution in [0.5, 0.6) is 0 Å². The molecule has 16 heavy (non-hydrogen) atoms. The summed E-state index contributed by atoms with van der Waals surface area (Å²) in [5.41, 5.74) is 4.60. The number of carbonyl (C=O) groups excluding carboxylic acids is 2. The second-order valence-corrected chi connectivity index (χ2v) is 3.91. The van der Waals surface area contributed by atoms with Gasteiger partial charge in [0.2, 0.25) is 0 Å². The Kier molecular flexibility index (Phi) is 4.29. The predicted octanol–water partition coefficient (Wildman–Crippen LogP) is 0.610. The normalized spacial score (nSPS) is 22.8. The Morgan fingerprint density at radius 3 is 2.06 bits per heavy atom. The molecule has 0 aromatic rings. The first-order valence-corrected chi connectivity index (χ1v) is 5.69. The Morgan fingerprint density at radius 2 is 1.75 bits per heavy atom. The van der Waals surface area contributed by atoms with Crippen LogP contribution in [0.25, 0.3) is 0 Å². The third kappa shape index (κ3) is 2.04. The fraction of sp³-hybridized carbons (Fsp3) is 0.818. The third-order valence-corrected chi connectivity index (χ3v) is 3.00. The van der Waals surface area contributed by atoms with Crippen molar-refractivity contribution >= 4 is 11.9 Å². The van der Waals surface area contributed by atoms with E-state index >= 15 is 0 Å². The fourth-order valence-electron chi connectivity index (χ4n) is 2.14. The summed E-state index contributed by atoms with van der Waals surface area (Å²) < 4.78 is 9.89. The van der Waals surface area contributed by atoms with E-state index in [2.05, 4.69) is 0 Å². The maximum Gasteiger partial charge on any atom is 0.325 e. The summed E-state index contributed by atoms with van der Waals surface area (Å²) in [5.74, 6) is -1.09. The van der Waals surface area contributed by atoms with E-state index in [1.165, 1.54) is 0 Å². The SMILES string of the molecule is CCOC(=O)C1(C(=O)OCC)CCCC1N. The van der Waals surface area contributed by atoms with Crippen LogP contribution < -0.4 is 5.73 Å². The van der Waals surface area contributed by atoms with E-state index in [-0.39, 0.29) is 13.2 Å². The highest BCUT2D eigenvalue weighted by Gasteiger charge is 2.56. The molecular weight excluding hydrogens is 210 g/mol. The van der Waals surface area contributed by atoms with Crippen LogP contribution in [-0.2, 0) is 19.1 Å². The Bertz CT molecular complexity index is 259. The molecule has 0 heterocycles. The number of nitrogens with two attached hydrogens (primary N) is 1. The van der Waals surface area contributed by atoms with Crippen molar-refractivity contribution in [2.75, 3.05) is 13.2 Å². The summed E-state index contributed by atoms with van der Waals surface area (Å²) in [6.07, 6.45) is 1.82. The van der Waals surface area contributed by atoms with Crippen molar-refractivity contribution in [3.8, 4) is 0 Å². The van der Waals surface area contributed by atoms with Gasteiger partial charge in [-0.1, -0.05) is 6.42 Å². The summed E-state index contributed by atoms with van der Waals surface area (Å²) in [6, 6.07) is -0.495. The molecule has 0 spiro atoms. The van der Waals surface area contributed by atoms with Crippen LogP contribution in [0.4, 0.5) is 0 Å². The molecule has 1 aliphatic rings. The molecule has 1 aliphatic carbocycles. The van der Waals surface area contributed by atoms with Crippen molar-refractivity contribution in [1.82, 2.24) is 0 Å². The minimum Gasteiger partial charge on any atom is -0.465 e. The van der Waals surface area contributed by atoms with Gasteiger partial charge in [0.15, 0.2) is 5.41 Å². The topological polar surface area (TPSA) is 78.6 Å². The van der Waals surface area contributed by atoms with Crippen LogP contribution >= 0.6 is 0 Å². The van der Waals surface area contributed by atoms with Gasteiger partial charge >= 0.3 is 11.9 Å². The quantitative estimate of drug-likeness (QED) is 0.564. The van der Waals surface area contributed by atoms with Crippen molar-refractivity contribution < 1.29 is 19.1 Å². The Balaban J connectivity index is 2.92. The van der Waals surface area contributed by atoms with Crippen LogP contribution in [0.1, 0.15) is 33.1 Å². The summed E-state index contributed by atoms with van der Waals surface area (Å²) in [5, 5.41) is 0. The Labute approximate surface area is 95.3 Å². The fourth-order valence-corrected chi connectivity index (χ4v) is 2.14. The predicted molar refractivity (Wildman–Crippen MR) is 57.5 cm³/mol. The Hall–Kier alpha value is -1.10. The number of hydrogen-bond donors (Lipinski definition) is 1. The first kappa shape index (κ1) is 13.0. The second kappa shape index (κ2) is 5.30. The van der Waals surface area contributed by atoms with Crippen LogP contribution in [0.15, 0.2) is 0 Å². The molecule has 1 rings (SSSR count). The molecule has 5 nitrogen and oxygen atoms in total. The molecule has 0 aromatic heterocycles. The van der Waals surface area contributed by atoms with E-state index in [9.17, 15) is 9.59 Å². The minimum absolute atomic E-state index is 0.243. The van der Waals surface area contributed by atoms with Crippen molar-refractivity contribution in [2.24, 2.45) is 11.1 Å². The van der Waals surface area contributed by atoms with Gasteiger partial charge < -0.3 is 15.2 Å². The van der Waals surface area contributed by atoms with E-state index < -0.39 is 23.4 Å². The highest BCUT2D eigenvalue weighted by atomic mass is 16.6. The van der Waals surface area contributed by atoms with Crippen LogP contribution in [0.2, 0.25) is 0 Å². The monoisotopic (exact) mass is 229 g/mol. The molecule has 92 valence electrons. The maximum atomic E-state index is 11.9. The average molecular weight is 229 g/mol. The number of esters is 2. The van der Waals surface area contributed by atoms with Crippen LogP contribution in [0, 0.1) is 5.41 Å². The van der Waals surface area contributed by atoms with Crippen molar-refractivity contribution in [3.63, 3.8) is 0 Å². The van der Waals surface area contributed by atoms with Crippen molar-refractivity contribution in [1.29, 1.82) is 0 Å².